The maximum atomic E-state index is 6.07. The monoisotopic (exact) mass is 264 g/mol. The lowest BCUT2D eigenvalue weighted by Gasteiger charge is -2.35. The summed E-state index contributed by atoms with van der Waals surface area (Å²) in [5.74, 6) is 0.945. The van der Waals surface area contributed by atoms with Crippen molar-refractivity contribution in [2.75, 3.05) is 13.1 Å². The quantitative estimate of drug-likeness (QED) is 0.903. The normalized spacial score (nSPS) is 27.9. The molecule has 0 aromatic carbocycles. The van der Waals surface area contributed by atoms with Crippen molar-refractivity contribution in [2.45, 2.75) is 50.6 Å². The molecule has 2 aliphatic rings. The Labute approximate surface area is 114 Å². The van der Waals surface area contributed by atoms with Crippen molar-refractivity contribution in [3.8, 4) is 0 Å². The second-order valence-corrected chi connectivity index (χ2v) is 6.58. The molecule has 2 atom stereocenters. The zero-order valence-electron chi connectivity index (χ0n) is 11.1. The third-order valence-electron chi connectivity index (χ3n) is 4.84. The maximum Gasteiger partial charge on any atom is 0.0481 e. The molecule has 0 bridgehead atoms. The lowest BCUT2D eigenvalue weighted by Crippen LogP contribution is -2.40. The van der Waals surface area contributed by atoms with Gasteiger partial charge in [-0.25, -0.2) is 0 Å². The molecule has 1 aliphatic carbocycles. The van der Waals surface area contributed by atoms with Crippen LogP contribution < -0.4 is 5.73 Å². The van der Waals surface area contributed by atoms with Gasteiger partial charge in [-0.05, 0) is 60.5 Å². The Morgan fingerprint density at radius 3 is 2.78 bits per heavy atom. The number of thiophene rings is 1. The number of nitrogens with two attached hydrogens (primary N) is 1. The van der Waals surface area contributed by atoms with E-state index >= 15 is 0 Å². The first kappa shape index (κ1) is 12.6. The molecule has 18 heavy (non-hydrogen) atoms. The van der Waals surface area contributed by atoms with Crippen LogP contribution >= 0.6 is 11.3 Å². The highest BCUT2D eigenvalue weighted by Gasteiger charge is 2.36. The zero-order chi connectivity index (χ0) is 12.4. The highest BCUT2D eigenvalue weighted by Crippen LogP contribution is 2.39. The average Bonchev–Trinajstić information content (AvgIpc) is 3.13. The van der Waals surface area contributed by atoms with Crippen LogP contribution in [0.2, 0.25) is 0 Å². The summed E-state index contributed by atoms with van der Waals surface area (Å²) in [6, 6.07) is 3.52. The van der Waals surface area contributed by atoms with Gasteiger partial charge in [-0.3, -0.25) is 4.90 Å². The average molecular weight is 264 g/mol. The predicted octanol–water partition coefficient (Wildman–Crippen LogP) is 3.40. The van der Waals surface area contributed by atoms with Crippen LogP contribution in [-0.4, -0.2) is 24.0 Å². The van der Waals surface area contributed by atoms with E-state index in [1.807, 2.05) is 0 Å². The van der Waals surface area contributed by atoms with Crippen LogP contribution in [0.5, 0.6) is 0 Å². The molecule has 2 heterocycles. The van der Waals surface area contributed by atoms with E-state index in [2.05, 4.69) is 21.7 Å². The summed E-state index contributed by atoms with van der Waals surface area (Å²) in [6.45, 7) is 2.01. The van der Waals surface area contributed by atoms with Gasteiger partial charge in [0.05, 0.1) is 0 Å². The lowest BCUT2D eigenvalue weighted by molar-refractivity contribution is 0.138. The van der Waals surface area contributed by atoms with Crippen LogP contribution in [0.25, 0.3) is 0 Å². The van der Waals surface area contributed by atoms with Gasteiger partial charge in [0.1, 0.15) is 0 Å². The van der Waals surface area contributed by atoms with E-state index in [9.17, 15) is 0 Å². The second-order valence-electron chi connectivity index (χ2n) is 5.80. The Hall–Kier alpha value is -0.380. The summed E-state index contributed by atoms with van der Waals surface area (Å²) in [7, 11) is 0. The molecule has 1 aromatic heterocycles. The summed E-state index contributed by atoms with van der Waals surface area (Å²) in [5, 5.41) is 4.46. The van der Waals surface area contributed by atoms with Crippen molar-refractivity contribution in [3.05, 3.63) is 22.4 Å². The van der Waals surface area contributed by atoms with E-state index in [0.717, 1.165) is 18.5 Å². The fourth-order valence-corrected chi connectivity index (χ4v) is 4.68. The predicted molar refractivity (Wildman–Crippen MR) is 77.8 cm³/mol. The van der Waals surface area contributed by atoms with Crippen molar-refractivity contribution in [1.29, 1.82) is 0 Å². The van der Waals surface area contributed by atoms with Gasteiger partial charge in [-0.1, -0.05) is 12.8 Å². The molecule has 1 saturated carbocycles. The first-order chi connectivity index (χ1) is 8.90. The summed E-state index contributed by atoms with van der Waals surface area (Å²) in [6.07, 6.45) is 8.54. The summed E-state index contributed by atoms with van der Waals surface area (Å²) in [5.41, 5.74) is 7.51. The fraction of sp³-hybridized carbons (Fsp3) is 0.733. The molecule has 3 heteroatoms. The topological polar surface area (TPSA) is 29.3 Å². The molecule has 0 spiro atoms. The van der Waals surface area contributed by atoms with Crippen LogP contribution in [-0.2, 0) is 0 Å². The SMILES string of the molecule is NCC(c1ccsc1)N1CCCC1C1CCCC1. The Bertz CT molecular complexity index is 357. The van der Waals surface area contributed by atoms with Crippen LogP contribution in [0.15, 0.2) is 16.8 Å². The second kappa shape index (κ2) is 5.72. The number of likely N-dealkylation sites (tertiary alicyclic amines) is 1. The van der Waals surface area contributed by atoms with Gasteiger partial charge in [0.15, 0.2) is 0 Å². The van der Waals surface area contributed by atoms with Crippen molar-refractivity contribution >= 4 is 11.3 Å². The number of hydrogen-bond donors (Lipinski definition) is 1. The van der Waals surface area contributed by atoms with Crippen molar-refractivity contribution < 1.29 is 0 Å². The van der Waals surface area contributed by atoms with E-state index in [-0.39, 0.29) is 0 Å². The number of hydrogen-bond acceptors (Lipinski definition) is 3. The largest absolute Gasteiger partial charge is 0.329 e. The Balaban J connectivity index is 1.76. The molecule has 0 radical (unpaired) electrons. The molecular weight excluding hydrogens is 240 g/mol. The van der Waals surface area contributed by atoms with Crippen LogP contribution in [0, 0.1) is 5.92 Å². The van der Waals surface area contributed by atoms with E-state index < -0.39 is 0 Å². The first-order valence-corrected chi connectivity index (χ1v) is 8.32. The minimum atomic E-state index is 0.462. The van der Waals surface area contributed by atoms with E-state index in [0.29, 0.717) is 6.04 Å². The van der Waals surface area contributed by atoms with Gasteiger partial charge < -0.3 is 5.73 Å². The highest BCUT2D eigenvalue weighted by molar-refractivity contribution is 7.07. The molecule has 1 saturated heterocycles. The first-order valence-electron chi connectivity index (χ1n) is 7.38. The van der Waals surface area contributed by atoms with Gasteiger partial charge in [0, 0.05) is 18.6 Å². The minimum Gasteiger partial charge on any atom is -0.329 e. The summed E-state index contributed by atoms with van der Waals surface area (Å²) < 4.78 is 0. The summed E-state index contributed by atoms with van der Waals surface area (Å²) >= 11 is 1.79. The van der Waals surface area contributed by atoms with E-state index in [1.165, 1.54) is 50.6 Å². The van der Waals surface area contributed by atoms with Crippen molar-refractivity contribution in [1.82, 2.24) is 4.90 Å². The Morgan fingerprint density at radius 2 is 2.11 bits per heavy atom. The zero-order valence-corrected chi connectivity index (χ0v) is 11.9. The molecule has 100 valence electrons. The highest BCUT2D eigenvalue weighted by atomic mass is 32.1. The van der Waals surface area contributed by atoms with Gasteiger partial charge in [-0.15, -0.1) is 0 Å². The smallest absolute Gasteiger partial charge is 0.0481 e. The molecule has 3 rings (SSSR count). The lowest BCUT2D eigenvalue weighted by atomic mass is 9.94. The van der Waals surface area contributed by atoms with Gasteiger partial charge in [0.25, 0.3) is 0 Å². The molecule has 1 aliphatic heterocycles. The third kappa shape index (κ3) is 2.36. The van der Waals surface area contributed by atoms with Crippen LogP contribution in [0.3, 0.4) is 0 Å². The van der Waals surface area contributed by atoms with Crippen molar-refractivity contribution in [3.63, 3.8) is 0 Å². The van der Waals surface area contributed by atoms with E-state index in [4.69, 9.17) is 5.73 Å². The molecule has 2 nitrogen and oxygen atoms in total. The third-order valence-corrected chi connectivity index (χ3v) is 5.54. The maximum absolute atomic E-state index is 6.07. The molecular formula is C15H24N2S. The fourth-order valence-electron chi connectivity index (χ4n) is 3.98. The Kier molecular flexibility index (Phi) is 4.02. The van der Waals surface area contributed by atoms with E-state index in [1.54, 1.807) is 11.3 Å². The van der Waals surface area contributed by atoms with Crippen LogP contribution in [0.1, 0.15) is 50.1 Å². The molecule has 2 fully saturated rings. The van der Waals surface area contributed by atoms with Gasteiger partial charge in [0.2, 0.25) is 0 Å². The van der Waals surface area contributed by atoms with Gasteiger partial charge >= 0.3 is 0 Å². The summed E-state index contributed by atoms with van der Waals surface area (Å²) in [4.78, 5) is 2.72. The van der Waals surface area contributed by atoms with Crippen molar-refractivity contribution in [2.24, 2.45) is 11.7 Å². The molecule has 2 N–H and O–H groups in total. The molecule has 2 unspecified atom stereocenters. The molecule has 1 aromatic rings. The Morgan fingerprint density at radius 1 is 1.28 bits per heavy atom. The number of nitrogens with zero attached hydrogens (tertiary/aromatic N) is 1. The number of rotatable bonds is 4. The standard InChI is InChI=1S/C15H24N2S/c16-10-15(13-7-9-18-11-13)17-8-3-6-14(17)12-4-1-2-5-12/h7,9,11-12,14-15H,1-6,8,10,16H2. The minimum absolute atomic E-state index is 0.462. The molecule has 0 amide bonds. The van der Waals surface area contributed by atoms with Gasteiger partial charge in [-0.2, -0.15) is 11.3 Å². The van der Waals surface area contributed by atoms with Crippen LogP contribution in [0.4, 0.5) is 0 Å².